The average molecular weight is 295 g/mol. The first kappa shape index (κ1) is 14.5. The van der Waals surface area contributed by atoms with Crippen LogP contribution in [0.3, 0.4) is 0 Å². The number of nitrogens with two attached hydrogens (primary N) is 1. The van der Waals surface area contributed by atoms with Gasteiger partial charge in [-0.05, 0) is 36.5 Å². The van der Waals surface area contributed by atoms with Crippen molar-refractivity contribution in [2.45, 2.75) is 39.0 Å². The first-order valence-electron chi connectivity index (χ1n) is 7.78. The van der Waals surface area contributed by atoms with Gasteiger partial charge >= 0.3 is 0 Å². The second-order valence-electron chi connectivity index (χ2n) is 5.53. The minimum atomic E-state index is 0.411. The zero-order valence-corrected chi connectivity index (χ0v) is 13.0. The number of anilines is 1. The van der Waals surface area contributed by atoms with Gasteiger partial charge in [-0.25, -0.2) is 15.0 Å². The molecule has 2 aromatic heterocycles. The van der Waals surface area contributed by atoms with E-state index in [1.165, 1.54) is 31.2 Å². The molecular weight excluding hydrogens is 274 g/mol. The van der Waals surface area contributed by atoms with Crippen LogP contribution in [0.1, 0.15) is 44.6 Å². The molecule has 0 saturated carbocycles. The number of rotatable bonds is 5. The minimum Gasteiger partial charge on any atom is -0.382 e. The summed E-state index contributed by atoms with van der Waals surface area (Å²) in [5.41, 5.74) is 9.65. The highest BCUT2D eigenvalue weighted by molar-refractivity contribution is 5.82. The normalized spacial score (nSPS) is 12.6. The van der Waals surface area contributed by atoms with Crippen molar-refractivity contribution in [3.8, 4) is 5.69 Å². The van der Waals surface area contributed by atoms with Crippen molar-refractivity contribution < 1.29 is 0 Å². The number of benzene rings is 1. The third-order valence-electron chi connectivity index (χ3n) is 4.13. The summed E-state index contributed by atoms with van der Waals surface area (Å²) in [4.78, 5) is 12.6. The van der Waals surface area contributed by atoms with Crippen molar-refractivity contribution in [3.63, 3.8) is 0 Å². The van der Waals surface area contributed by atoms with Crippen molar-refractivity contribution in [1.82, 2.24) is 19.5 Å². The van der Waals surface area contributed by atoms with Crippen LogP contribution in [0.25, 0.3) is 16.9 Å². The lowest BCUT2D eigenvalue weighted by molar-refractivity contribution is 0.596. The number of hydrogen-bond donors (Lipinski definition) is 1. The van der Waals surface area contributed by atoms with E-state index in [1.54, 1.807) is 6.33 Å². The summed E-state index contributed by atoms with van der Waals surface area (Å²) in [6, 6.07) is 8.64. The molecule has 3 rings (SSSR count). The highest BCUT2D eigenvalue weighted by atomic mass is 15.1. The molecule has 5 heteroatoms. The van der Waals surface area contributed by atoms with E-state index < -0.39 is 0 Å². The molecule has 114 valence electrons. The fourth-order valence-electron chi connectivity index (χ4n) is 2.90. The van der Waals surface area contributed by atoms with Gasteiger partial charge in [0.05, 0.1) is 0 Å². The number of imidazole rings is 1. The second-order valence-corrected chi connectivity index (χ2v) is 5.53. The van der Waals surface area contributed by atoms with Crippen LogP contribution in [0.15, 0.2) is 36.9 Å². The highest BCUT2D eigenvalue weighted by Crippen LogP contribution is 2.26. The van der Waals surface area contributed by atoms with E-state index in [0.29, 0.717) is 17.3 Å². The Bertz CT molecular complexity index is 760. The van der Waals surface area contributed by atoms with Crippen LogP contribution in [0.5, 0.6) is 0 Å². The number of aromatic nitrogens is 4. The van der Waals surface area contributed by atoms with Crippen LogP contribution in [-0.2, 0) is 0 Å². The fraction of sp³-hybridized carbons (Fsp3) is 0.353. The largest absolute Gasteiger partial charge is 0.382 e. The average Bonchev–Trinajstić information content (AvgIpc) is 2.98. The number of fused-ring (bicyclic) bond motifs is 1. The third-order valence-corrected chi connectivity index (χ3v) is 4.13. The number of nitrogens with zero attached hydrogens (tertiary/aromatic N) is 4. The molecule has 0 aliphatic rings. The van der Waals surface area contributed by atoms with Gasteiger partial charge in [0.15, 0.2) is 17.0 Å². The molecule has 5 nitrogen and oxygen atoms in total. The lowest BCUT2D eigenvalue weighted by atomic mass is 9.92. The molecule has 0 bridgehead atoms. The number of nitrogen functional groups attached to an aromatic ring is 1. The Balaban J connectivity index is 1.96. The molecule has 1 atom stereocenters. The molecule has 1 aromatic carbocycles. The maximum atomic E-state index is 5.84. The predicted octanol–water partition coefficient (Wildman–Crippen LogP) is 3.69. The van der Waals surface area contributed by atoms with Crippen LogP contribution in [-0.4, -0.2) is 19.5 Å². The quantitative estimate of drug-likeness (QED) is 0.779. The van der Waals surface area contributed by atoms with Gasteiger partial charge in [0, 0.05) is 5.69 Å². The summed E-state index contributed by atoms with van der Waals surface area (Å²) < 4.78 is 1.94. The zero-order chi connectivity index (χ0) is 15.5. The van der Waals surface area contributed by atoms with Gasteiger partial charge in [0.2, 0.25) is 0 Å². The van der Waals surface area contributed by atoms with Crippen molar-refractivity contribution in [3.05, 3.63) is 42.5 Å². The lowest BCUT2D eigenvalue weighted by Gasteiger charge is -2.15. The molecule has 0 radical (unpaired) electrons. The first-order chi connectivity index (χ1) is 10.7. The second kappa shape index (κ2) is 6.13. The van der Waals surface area contributed by atoms with Gasteiger partial charge in [-0.3, -0.25) is 4.57 Å². The Morgan fingerprint density at radius 3 is 2.55 bits per heavy atom. The molecule has 22 heavy (non-hydrogen) atoms. The molecule has 0 unspecified atom stereocenters. The summed E-state index contributed by atoms with van der Waals surface area (Å²) in [6.07, 6.45) is 6.83. The van der Waals surface area contributed by atoms with Gasteiger partial charge in [-0.2, -0.15) is 0 Å². The Morgan fingerprint density at radius 2 is 1.86 bits per heavy atom. The Labute approximate surface area is 130 Å². The first-order valence-corrected chi connectivity index (χ1v) is 7.78. The lowest BCUT2D eigenvalue weighted by Crippen LogP contribution is -1.99. The van der Waals surface area contributed by atoms with Gasteiger partial charge < -0.3 is 5.73 Å². The van der Waals surface area contributed by atoms with E-state index in [9.17, 15) is 0 Å². The van der Waals surface area contributed by atoms with Crippen LogP contribution in [0.4, 0.5) is 5.82 Å². The SMILES string of the molecule is CCC[C@@H](CC)c1ccc(-n2cnc3c(N)ncnc32)cc1. The summed E-state index contributed by atoms with van der Waals surface area (Å²) in [5, 5.41) is 0. The van der Waals surface area contributed by atoms with Crippen LogP contribution < -0.4 is 5.73 Å². The summed E-state index contributed by atoms with van der Waals surface area (Å²) in [6.45, 7) is 4.48. The van der Waals surface area contributed by atoms with E-state index in [1.807, 2.05) is 4.57 Å². The Hall–Kier alpha value is -2.43. The molecule has 2 heterocycles. The zero-order valence-electron chi connectivity index (χ0n) is 13.0. The summed E-state index contributed by atoms with van der Waals surface area (Å²) in [5.74, 6) is 1.05. The molecule has 0 aliphatic heterocycles. The topological polar surface area (TPSA) is 69.6 Å². The van der Waals surface area contributed by atoms with Gasteiger partial charge in [0.1, 0.15) is 12.7 Å². The van der Waals surface area contributed by atoms with Crippen molar-refractivity contribution in [2.24, 2.45) is 0 Å². The molecule has 3 aromatic rings. The van der Waals surface area contributed by atoms with Crippen molar-refractivity contribution in [1.29, 1.82) is 0 Å². The highest BCUT2D eigenvalue weighted by Gasteiger charge is 2.11. The molecule has 0 aliphatic carbocycles. The van der Waals surface area contributed by atoms with E-state index >= 15 is 0 Å². The Kier molecular flexibility index (Phi) is 4.04. The molecule has 0 spiro atoms. The Morgan fingerprint density at radius 1 is 1.09 bits per heavy atom. The molecule has 2 N–H and O–H groups in total. The molecular formula is C17H21N5. The van der Waals surface area contributed by atoms with Crippen molar-refractivity contribution >= 4 is 17.0 Å². The van der Waals surface area contributed by atoms with Gasteiger partial charge in [0.25, 0.3) is 0 Å². The van der Waals surface area contributed by atoms with E-state index in [2.05, 4.69) is 53.1 Å². The predicted molar refractivity (Wildman–Crippen MR) is 89.0 cm³/mol. The maximum Gasteiger partial charge on any atom is 0.170 e. The summed E-state index contributed by atoms with van der Waals surface area (Å²) in [7, 11) is 0. The molecule has 0 fully saturated rings. The van der Waals surface area contributed by atoms with Crippen LogP contribution in [0.2, 0.25) is 0 Å². The third kappa shape index (κ3) is 2.54. The number of hydrogen-bond acceptors (Lipinski definition) is 4. The van der Waals surface area contributed by atoms with Crippen molar-refractivity contribution in [2.75, 3.05) is 5.73 Å². The summed E-state index contributed by atoms with van der Waals surface area (Å²) >= 11 is 0. The standard InChI is InChI=1S/C17H21N5/c1-3-5-12(4-2)13-6-8-14(9-7-13)22-11-21-15-16(18)19-10-20-17(15)22/h6-12H,3-5H2,1-2H3,(H2,18,19,20)/t12-/m1/s1. The molecule has 0 saturated heterocycles. The maximum absolute atomic E-state index is 5.84. The van der Waals surface area contributed by atoms with Crippen LogP contribution >= 0.6 is 0 Å². The van der Waals surface area contributed by atoms with Gasteiger partial charge in [-0.1, -0.05) is 32.4 Å². The fourth-order valence-corrected chi connectivity index (χ4v) is 2.90. The van der Waals surface area contributed by atoms with Crippen LogP contribution in [0, 0.1) is 0 Å². The molecule has 0 amide bonds. The monoisotopic (exact) mass is 295 g/mol. The van der Waals surface area contributed by atoms with E-state index in [-0.39, 0.29) is 0 Å². The van der Waals surface area contributed by atoms with E-state index in [4.69, 9.17) is 5.73 Å². The minimum absolute atomic E-state index is 0.411. The van der Waals surface area contributed by atoms with Gasteiger partial charge in [-0.15, -0.1) is 0 Å². The smallest absolute Gasteiger partial charge is 0.170 e. The van der Waals surface area contributed by atoms with E-state index in [0.717, 1.165) is 11.3 Å².